The van der Waals surface area contributed by atoms with E-state index >= 15 is 0 Å². The number of amides is 1. The molecule has 0 aliphatic carbocycles. The lowest BCUT2D eigenvalue weighted by atomic mass is 9.99. The van der Waals surface area contributed by atoms with E-state index in [1.165, 1.54) is 6.07 Å². The van der Waals surface area contributed by atoms with Crippen molar-refractivity contribution in [2.24, 2.45) is 5.92 Å². The summed E-state index contributed by atoms with van der Waals surface area (Å²) in [5.41, 5.74) is 0.810. The number of halogens is 1. The van der Waals surface area contributed by atoms with Gasteiger partial charge in [-0.15, -0.1) is 0 Å². The van der Waals surface area contributed by atoms with Crippen molar-refractivity contribution in [2.75, 3.05) is 31.2 Å². The molecule has 2 fully saturated rings. The van der Waals surface area contributed by atoms with Crippen LogP contribution < -0.4 is 10.2 Å². The lowest BCUT2D eigenvalue weighted by Crippen LogP contribution is -2.50. The summed E-state index contributed by atoms with van der Waals surface area (Å²) in [7, 11) is 0. The van der Waals surface area contributed by atoms with Crippen LogP contribution in [0.2, 0.25) is 0 Å². The minimum atomic E-state index is -0.387. The van der Waals surface area contributed by atoms with Gasteiger partial charge in [0, 0.05) is 25.7 Å². The Labute approximate surface area is 141 Å². The highest BCUT2D eigenvalue weighted by atomic mass is 19.1. The molecule has 6 heteroatoms. The third-order valence-electron chi connectivity index (χ3n) is 4.72. The number of carbonyl (C=O) groups is 1. The summed E-state index contributed by atoms with van der Waals surface area (Å²) in [4.78, 5) is 14.3. The lowest BCUT2D eigenvalue weighted by molar-refractivity contribution is -0.129. The van der Waals surface area contributed by atoms with Gasteiger partial charge in [0.05, 0.1) is 29.8 Å². The van der Waals surface area contributed by atoms with E-state index in [9.17, 15) is 9.18 Å². The molecule has 2 aliphatic rings. The van der Waals surface area contributed by atoms with E-state index in [1.54, 1.807) is 12.1 Å². The summed E-state index contributed by atoms with van der Waals surface area (Å²) in [5, 5.41) is 11.9. The van der Waals surface area contributed by atoms with Crippen molar-refractivity contribution in [3.63, 3.8) is 0 Å². The molecule has 0 aromatic heterocycles. The quantitative estimate of drug-likeness (QED) is 0.922. The van der Waals surface area contributed by atoms with Gasteiger partial charge in [-0.3, -0.25) is 4.79 Å². The predicted molar refractivity (Wildman–Crippen MR) is 88.0 cm³/mol. The maximum absolute atomic E-state index is 14.2. The summed E-state index contributed by atoms with van der Waals surface area (Å²) in [6.45, 7) is 2.56. The number of anilines is 1. The zero-order chi connectivity index (χ0) is 16.9. The Morgan fingerprint density at radius 2 is 2.25 bits per heavy atom. The number of benzene rings is 1. The number of piperidine rings is 1. The summed E-state index contributed by atoms with van der Waals surface area (Å²) < 4.78 is 19.6. The second-order valence-corrected chi connectivity index (χ2v) is 6.49. The normalized spacial score (nSPS) is 24.2. The topological polar surface area (TPSA) is 65.4 Å². The van der Waals surface area contributed by atoms with Crippen molar-refractivity contribution in [3.8, 4) is 6.07 Å². The molecular weight excluding hydrogens is 309 g/mol. The molecule has 5 nitrogen and oxygen atoms in total. The van der Waals surface area contributed by atoms with E-state index in [0.717, 1.165) is 38.8 Å². The van der Waals surface area contributed by atoms with Gasteiger partial charge in [0.25, 0.3) is 0 Å². The highest BCUT2D eigenvalue weighted by Crippen LogP contribution is 2.24. The van der Waals surface area contributed by atoms with Crippen LogP contribution in [0.5, 0.6) is 0 Å². The number of carbonyl (C=O) groups excluding carboxylic acids is 1. The highest BCUT2D eigenvalue weighted by Gasteiger charge is 2.27. The van der Waals surface area contributed by atoms with Crippen molar-refractivity contribution in [3.05, 3.63) is 29.6 Å². The molecular formula is C18H22FN3O2. The maximum atomic E-state index is 14.2. The maximum Gasteiger partial charge on any atom is 0.225 e. The monoisotopic (exact) mass is 331 g/mol. The molecule has 2 aliphatic heterocycles. The molecule has 2 saturated heterocycles. The standard InChI is InChI=1S/C18H22FN3O2/c19-16-9-13(10-20)5-6-17(16)22-7-1-4-15(11-22)21-18(23)14-3-2-8-24-12-14/h5-6,9,14-15H,1-4,7-8,11-12H2,(H,21,23). The van der Waals surface area contributed by atoms with Gasteiger partial charge in [0.15, 0.2) is 0 Å². The van der Waals surface area contributed by atoms with Crippen molar-refractivity contribution in [2.45, 2.75) is 31.7 Å². The molecule has 3 rings (SSSR count). The van der Waals surface area contributed by atoms with E-state index < -0.39 is 0 Å². The fourth-order valence-corrected chi connectivity index (χ4v) is 3.41. The number of nitrogens with one attached hydrogen (secondary N) is 1. The van der Waals surface area contributed by atoms with Gasteiger partial charge in [0.2, 0.25) is 5.91 Å². The molecule has 0 spiro atoms. The molecule has 2 unspecified atom stereocenters. The minimum Gasteiger partial charge on any atom is -0.381 e. The molecule has 24 heavy (non-hydrogen) atoms. The molecule has 128 valence electrons. The number of ether oxygens (including phenoxy) is 1. The number of rotatable bonds is 3. The van der Waals surface area contributed by atoms with Crippen LogP contribution in [0.4, 0.5) is 10.1 Å². The van der Waals surface area contributed by atoms with E-state index in [4.69, 9.17) is 10.00 Å². The number of hydrogen-bond acceptors (Lipinski definition) is 4. The molecule has 1 aromatic rings. The molecule has 2 atom stereocenters. The van der Waals surface area contributed by atoms with Crippen LogP contribution in [0, 0.1) is 23.1 Å². The fourth-order valence-electron chi connectivity index (χ4n) is 3.41. The third kappa shape index (κ3) is 3.85. The summed E-state index contributed by atoms with van der Waals surface area (Å²) in [5.74, 6) is -0.413. The molecule has 0 bridgehead atoms. The average Bonchev–Trinajstić information content (AvgIpc) is 2.62. The first-order valence-corrected chi connectivity index (χ1v) is 8.50. The third-order valence-corrected chi connectivity index (χ3v) is 4.72. The van der Waals surface area contributed by atoms with Gasteiger partial charge in [-0.1, -0.05) is 0 Å². The predicted octanol–water partition coefficient (Wildman–Crippen LogP) is 2.21. The van der Waals surface area contributed by atoms with Crippen LogP contribution in [0.1, 0.15) is 31.2 Å². The van der Waals surface area contributed by atoms with E-state index in [2.05, 4.69) is 5.32 Å². The zero-order valence-electron chi connectivity index (χ0n) is 13.6. The van der Waals surface area contributed by atoms with Gasteiger partial charge in [-0.05, 0) is 43.9 Å². The Morgan fingerprint density at radius 3 is 2.96 bits per heavy atom. The van der Waals surface area contributed by atoms with Crippen LogP contribution in [-0.4, -0.2) is 38.3 Å². The summed E-state index contributed by atoms with van der Waals surface area (Å²) in [6.07, 6.45) is 3.58. The van der Waals surface area contributed by atoms with Crippen molar-refractivity contribution < 1.29 is 13.9 Å². The zero-order valence-corrected chi connectivity index (χ0v) is 13.6. The number of nitrogens with zero attached hydrogens (tertiary/aromatic N) is 2. The van der Waals surface area contributed by atoms with Crippen LogP contribution in [0.3, 0.4) is 0 Å². The van der Waals surface area contributed by atoms with Crippen LogP contribution in [0.15, 0.2) is 18.2 Å². The van der Waals surface area contributed by atoms with Crippen LogP contribution >= 0.6 is 0 Å². The average molecular weight is 331 g/mol. The molecule has 1 amide bonds. The van der Waals surface area contributed by atoms with Crippen LogP contribution in [-0.2, 0) is 9.53 Å². The van der Waals surface area contributed by atoms with Crippen molar-refractivity contribution in [1.82, 2.24) is 5.32 Å². The second-order valence-electron chi connectivity index (χ2n) is 6.49. The van der Waals surface area contributed by atoms with E-state index in [0.29, 0.717) is 24.4 Å². The fraction of sp³-hybridized carbons (Fsp3) is 0.556. The first kappa shape index (κ1) is 16.7. The molecule has 0 radical (unpaired) electrons. The largest absolute Gasteiger partial charge is 0.381 e. The molecule has 1 N–H and O–H groups in total. The van der Waals surface area contributed by atoms with Gasteiger partial charge in [0.1, 0.15) is 5.82 Å². The van der Waals surface area contributed by atoms with Crippen molar-refractivity contribution in [1.29, 1.82) is 5.26 Å². The smallest absolute Gasteiger partial charge is 0.225 e. The van der Waals surface area contributed by atoms with Crippen LogP contribution in [0.25, 0.3) is 0 Å². The molecule has 2 heterocycles. The van der Waals surface area contributed by atoms with E-state index in [1.807, 2.05) is 11.0 Å². The highest BCUT2D eigenvalue weighted by molar-refractivity contribution is 5.79. The van der Waals surface area contributed by atoms with Gasteiger partial charge < -0.3 is 15.0 Å². The first-order chi connectivity index (χ1) is 11.7. The first-order valence-electron chi connectivity index (χ1n) is 8.50. The number of nitriles is 1. The Bertz CT molecular complexity index is 638. The Balaban J connectivity index is 1.62. The summed E-state index contributed by atoms with van der Waals surface area (Å²) >= 11 is 0. The Morgan fingerprint density at radius 1 is 1.38 bits per heavy atom. The lowest BCUT2D eigenvalue weighted by Gasteiger charge is -2.35. The summed E-state index contributed by atoms with van der Waals surface area (Å²) in [6, 6.07) is 6.49. The van der Waals surface area contributed by atoms with E-state index in [-0.39, 0.29) is 23.7 Å². The Kier molecular flexibility index (Phi) is 5.31. The van der Waals surface area contributed by atoms with Gasteiger partial charge in [-0.2, -0.15) is 5.26 Å². The molecule has 0 saturated carbocycles. The van der Waals surface area contributed by atoms with Crippen molar-refractivity contribution >= 4 is 11.6 Å². The minimum absolute atomic E-state index is 0.0169. The van der Waals surface area contributed by atoms with Gasteiger partial charge >= 0.3 is 0 Å². The van der Waals surface area contributed by atoms with Gasteiger partial charge in [-0.25, -0.2) is 4.39 Å². The second kappa shape index (κ2) is 7.63. The Hall–Kier alpha value is -2.13. The number of hydrogen-bond donors (Lipinski definition) is 1. The molecule has 1 aromatic carbocycles. The SMILES string of the molecule is N#Cc1ccc(N2CCCC(NC(=O)C3CCCOC3)C2)c(F)c1.